The Balaban J connectivity index is 2.99. The molecule has 0 aliphatic carbocycles. The van der Waals surface area contributed by atoms with Gasteiger partial charge in [-0.05, 0) is 34.1 Å². The zero-order valence-corrected chi connectivity index (χ0v) is 11.4. The SMILES string of the molecule is C=C(Cl)CNS(=O)(=O)c1ccc(Br)c(N)c1. The highest BCUT2D eigenvalue weighted by atomic mass is 79.9. The highest BCUT2D eigenvalue weighted by molar-refractivity contribution is 9.10. The van der Waals surface area contributed by atoms with Gasteiger partial charge in [0.1, 0.15) is 0 Å². The molecule has 0 saturated heterocycles. The Morgan fingerprint density at radius 1 is 1.56 bits per heavy atom. The van der Waals surface area contributed by atoms with Crippen molar-refractivity contribution in [3.05, 3.63) is 34.3 Å². The highest BCUT2D eigenvalue weighted by Crippen LogP contribution is 2.22. The number of benzene rings is 1. The Bertz CT molecular complexity index is 516. The zero-order valence-electron chi connectivity index (χ0n) is 8.20. The van der Waals surface area contributed by atoms with E-state index in [0.717, 1.165) is 0 Å². The van der Waals surface area contributed by atoms with Gasteiger partial charge in [-0.25, -0.2) is 13.1 Å². The summed E-state index contributed by atoms with van der Waals surface area (Å²) in [6, 6.07) is 4.38. The van der Waals surface area contributed by atoms with E-state index < -0.39 is 10.0 Å². The molecule has 3 N–H and O–H groups in total. The van der Waals surface area contributed by atoms with Crippen LogP contribution in [0.2, 0.25) is 0 Å². The molecule has 88 valence electrons. The molecular formula is C9H10BrClN2O2S. The second-order valence-corrected chi connectivity index (χ2v) is 6.18. The predicted molar refractivity (Wildman–Crippen MR) is 68.7 cm³/mol. The summed E-state index contributed by atoms with van der Waals surface area (Å²) in [5.41, 5.74) is 5.94. The lowest BCUT2D eigenvalue weighted by molar-refractivity contribution is 0.585. The maximum atomic E-state index is 11.7. The van der Waals surface area contributed by atoms with E-state index in [1.165, 1.54) is 12.1 Å². The molecule has 0 aromatic heterocycles. The van der Waals surface area contributed by atoms with E-state index in [1.54, 1.807) is 6.07 Å². The van der Waals surface area contributed by atoms with Crippen molar-refractivity contribution in [3.8, 4) is 0 Å². The fourth-order valence-corrected chi connectivity index (χ4v) is 2.40. The lowest BCUT2D eigenvalue weighted by atomic mass is 10.3. The van der Waals surface area contributed by atoms with Crippen LogP contribution < -0.4 is 10.5 Å². The fraction of sp³-hybridized carbons (Fsp3) is 0.111. The third kappa shape index (κ3) is 3.48. The Labute approximate surface area is 108 Å². The molecule has 0 heterocycles. The molecule has 0 spiro atoms. The molecular weight excluding hydrogens is 316 g/mol. The number of rotatable bonds is 4. The molecule has 0 radical (unpaired) electrons. The normalized spacial score (nSPS) is 11.4. The molecule has 0 unspecified atom stereocenters. The van der Waals surface area contributed by atoms with Gasteiger partial charge in [0.25, 0.3) is 0 Å². The van der Waals surface area contributed by atoms with Crippen LogP contribution in [0, 0.1) is 0 Å². The van der Waals surface area contributed by atoms with E-state index in [4.69, 9.17) is 17.3 Å². The number of nitrogens with two attached hydrogens (primary N) is 1. The zero-order chi connectivity index (χ0) is 12.3. The van der Waals surface area contributed by atoms with E-state index in [2.05, 4.69) is 27.2 Å². The Kier molecular flexibility index (Phi) is 4.37. The summed E-state index contributed by atoms with van der Waals surface area (Å²) in [5, 5.41) is 0.216. The average molecular weight is 326 g/mol. The molecule has 1 aromatic rings. The van der Waals surface area contributed by atoms with Crippen molar-refractivity contribution in [2.24, 2.45) is 0 Å². The highest BCUT2D eigenvalue weighted by Gasteiger charge is 2.14. The average Bonchev–Trinajstić information content (AvgIpc) is 2.19. The van der Waals surface area contributed by atoms with Gasteiger partial charge in [-0.1, -0.05) is 18.2 Å². The van der Waals surface area contributed by atoms with Gasteiger partial charge in [0, 0.05) is 21.7 Å². The van der Waals surface area contributed by atoms with Crippen molar-refractivity contribution < 1.29 is 8.42 Å². The van der Waals surface area contributed by atoms with Crippen molar-refractivity contribution in [2.45, 2.75) is 4.90 Å². The number of halogens is 2. The first kappa shape index (κ1) is 13.5. The summed E-state index contributed by atoms with van der Waals surface area (Å²) in [6.45, 7) is 3.38. The minimum atomic E-state index is -3.59. The first-order chi connectivity index (χ1) is 7.33. The maximum Gasteiger partial charge on any atom is 0.240 e. The summed E-state index contributed by atoms with van der Waals surface area (Å²) in [6.07, 6.45) is 0. The van der Waals surface area contributed by atoms with Crippen LogP contribution in [0.3, 0.4) is 0 Å². The largest absolute Gasteiger partial charge is 0.398 e. The minimum absolute atomic E-state index is 0.0140. The van der Waals surface area contributed by atoms with Gasteiger partial charge < -0.3 is 5.73 Å². The van der Waals surface area contributed by atoms with Crippen LogP contribution in [0.15, 0.2) is 39.2 Å². The molecule has 4 nitrogen and oxygen atoms in total. The smallest absolute Gasteiger partial charge is 0.240 e. The lowest BCUT2D eigenvalue weighted by Gasteiger charge is -2.07. The van der Waals surface area contributed by atoms with Gasteiger partial charge in [-0.3, -0.25) is 0 Å². The third-order valence-electron chi connectivity index (χ3n) is 1.73. The van der Waals surface area contributed by atoms with E-state index >= 15 is 0 Å². The van der Waals surface area contributed by atoms with Crippen LogP contribution >= 0.6 is 27.5 Å². The summed E-state index contributed by atoms with van der Waals surface area (Å²) in [7, 11) is -3.59. The number of hydrogen-bond donors (Lipinski definition) is 2. The van der Waals surface area contributed by atoms with Gasteiger partial charge in [0.05, 0.1) is 4.90 Å². The van der Waals surface area contributed by atoms with Gasteiger partial charge in [-0.2, -0.15) is 0 Å². The van der Waals surface area contributed by atoms with Crippen LogP contribution in [0.1, 0.15) is 0 Å². The molecule has 1 aromatic carbocycles. The van der Waals surface area contributed by atoms with E-state index in [1.807, 2.05) is 0 Å². The molecule has 16 heavy (non-hydrogen) atoms. The van der Waals surface area contributed by atoms with Crippen LogP contribution in [0.25, 0.3) is 0 Å². The second kappa shape index (κ2) is 5.18. The topological polar surface area (TPSA) is 72.2 Å². The monoisotopic (exact) mass is 324 g/mol. The summed E-state index contributed by atoms with van der Waals surface area (Å²) < 4.78 is 26.4. The third-order valence-corrected chi connectivity index (χ3v) is 3.99. The molecule has 0 saturated carbocycles. The standard InChI is InChI=1S/C9H10BrClN2O2S/c1-6(11)5-13-16(14,15)7-2-3-8(10)9(12)4-7/h2-4,13H,1,5,12H2. The summed E-state index contributed by atoms with van der Waals surface area (Å²) in [5.74, 6) is 0. The van der Waals surface area contributed by atoms with Crippen molar-refractivity contribution in [1.82, 2.24) is 4.72 Å². The van der Waals surface area contributed by atoms with Crippen LogP contribution in [-0.2, 0) is 10.0 Å². The molecule has 0 fully saturated rings. The van der Waals surface area contributed by atoms with E-state index in [0.29, 0.717) is 10.2 Å². The molecule has 0 amide bonds. The van der Waals surface area contributed by atoms with Gasteiger partial charge in [-0.15, -0.1) is 0 Å². The number of anilines is 1. The molecule has 1 rings (SSSR count). The summed E-state index contributed by atoms with van der Waals surface area (Å²) in [4.78, 5) is 0.0890. The van der Waals surface area contributed by atoms with Crippen LogP contribution in [0.5, 0.6) is 0 Å². The number of hydrogen-bond acceptors (Lipinski definition) is 3. The van der Waals surface area contributed by atoms with Gasteiger partial charge >= 0.3 is 0 Å². The van der Waals surface area contributed by atoms with Crippen LogP contribution in [0.4, 0.5) is 5.69 Å². The number of nitrogens with one attached hydrogen (secondary N) is 1. The Morgan fingerprint density at radius 3 is 2.69 bits per heavy atom. The van der Waals surface area contributed by atoms with Gasteiger partial charge in [0.2, 0.25) is 10.0 Å². The quantitative estimate of drug-likeness (QED) is 0.832. The fourth-order valence-electron chi connectivity index (χ4n) is 0.946. The number of nitrogen functional groups attached to an aromatic ring is 1. The Hall–Kier alpha value is -0.560. The number of sulfonamides is 1. The molecule has 0 bridgehead atoms. The van der Waals surface area contributed by atoms with E-state index in [-0.39, 0.29) is 16.5 Å². The van der Waals surface area contributed by atoms with Crippen LogP contribution in [-0.4, -0.2) is 15.0 Å². The minimum Gasteiger partial charge on any atom is -0.398 e. The first-order valence-electron chi connectivity index (χ1n) is 4.21. The van der Waals surface area contributed by atoms with Crippen molar-refractivity contribution in [3.63, 3.8) is 0 Å². The van der Waals surface area contributed by atoms with Crippen molar-refractivity contribution in [2.75, 3.05) is 12.3 Å². The van der Waals surface area contributed by atoms with E-state index in [9.17, 15) is 8.42 Å². The van der Waals surface area contributed by atoms with Gasteiger partial charge in [0.15, 0.2) is 0 Å². The predicted octanol–water partition coefficient (Wildman–Crippen LogP) is 2.06. The maximum absolute atomic E-state index is 11.7. The lowest BCUT2D eigenvalue weighted by Crippen LogP contribution is -2.24. The van der Waals surface area contributed by atoms with Crippen molar-refractivity contribution >= 4 is 43.2 Å². The second-order valence-electron chi connectivity index (χ2n) is 3.03. The molecule has 7 heteroatoms. The molecule has 0 aliphatic heterocycles. The Morgan fingerprint density at radius 2 is 2.19 bits per heavy atom. The summed E-state index contributed by atoms with van der Waals surface area (Å²) >= 11 is 8.66. The first-order valence-corrected chi connectivity index (χ1v) is 6.86. The van der Waals surface area contributed by atoms with Crippen molar-refractivity contribution in [1.29, 1.82) is 0 Å². The molecule has 0 atom stereocenters. The molecule has 0 aliphatic rings.